The number of nitrogens with zero attached hydrogens (tertiary/aromatic N) is 1. The summed E-state index contributed by atoms with van der Waals surface area (Å²) in [4.78, 5) is 2.88. The molecule has 0 aliphatic heterocycles. The average Bonchev–Trinajstić information content (AvgIpc) is 2.36. The van der Waals surface area contributed by atoms with Crippen LogP contribution in [0.3, 0.4) is 0 Å². The van der Waals surface area contributed by atoms with Crippen LogP contribution in [-0.2, 0) is 0 Å². The summed E-state index contributed by atoms with van der Waals surface area (Å²) in [6.45, 7) is 0. The number of aromatic amines is 1. The molecule has 0 aromatic carbocycles. The van der Waals surface area contributed by atoms with E-state index >= 15 is 0 Å². The van der Waals surface area contributed by atoms with Gasteiger partial charge in [0, 0.05) is 24.4 Å². The molecular formula is C7H5N2O. The summed E-state index contributed by atoms with van der Waals surface area (Å²) in [6, 6.07) is 6.21. The quantitative estimate of drug-likeness (QED) is 0.415. The number of hydrogen-bond acceptors (Lipinski definition) is 1. The van der Waals surface area contributed by atoms with Crippen molar-refractivity contribution in [2.24, 2.45) is 0 Å². The van der Waals surface area contributed by atoms with E-state index in [4.69, 9.17) is 0 Å². The van der Waals surface area contributed by atoms with Crippen LogP contribution in [0.4, 0.5) is 0 Å². The molecule has 0 bridgehead atoms. The van der Waals surface area contributed by atoms with Crippen molar-refractivity contribution >= 4 is 11.0 Å². The van der Waals surface area contributed by atoms with Crippen molar-refractivity contribution < 1.29 is 4.73 Å². The standard InChI is InChI=1S/C7H5N2O/c10-9-5-1-2-6-7(9)3-4-8-6/h1,3-5,8H. The van der Waals surface area contributed by atoms with E-state index in [1.807, 2.05) is 0 Å². The Kier molecular flexibility index (Phi) is 0.917. The van der Waals surface area contributed by atoms with Gasteiger partial charge in [0.25, 0.3) is 0 Å². The third-order valence-electron chi connectivity index (χ3n) is 1.40. The predicted octanol–water partition coefficient (Wildman–Crippen LogP) is 0.601. The van der Waals surface area contributed by atoms with Gasteiger partial charge in [0.15, 0.2) is 6.20 Å². The van der Waals surface area contributed by atoms with Crippen LogP contribution in [0, 0.1) is 11.3 Å². The Bertz CT molecular complexity index is 353. The van der Waals surface area contributed by atoms with E-state index in [1.54, 1.807) is 18.3 Å². The maximum Gasteiger partial charge on any atom is 0.242 e. The molecule has 3 heteroatoms. The van der Waals surface area contributed by atoms with Crippen molar-refractivity contribution in [3.8, 4) is 0 Å². The Morgan fingerprint density at radius 2 is 2.50 bits per heavy atom. The predicted molar refractivity (Wildman–Crippen MR) is 36.1 cm³/mol. The molecule has 2 aromatic rings. The van der Waals surface area contributed by atoms with E-state index in [0.717, 1.165) is 10.2 Å². The minimum absolute atomic E-state index is 0.627. The molecular weight excluding hydrogens is 128 g/mol. The molecule has 0 aliphatic rings. The van der Waals surface area contributed by atoms with Gasteiger partial charge in [-0.3, -0.25) is 0 Å². The first-order valence-corrected chi connectivity index (χ1v) is 2.95. The first kappa shape index (κ1) is 5.29. The fourth-order valence-electron chi connectivity index (χ4n) is 0.929. The third kappa shape index (κ3) is 0.572. The summed E-state index contributed by atoms with van der Waals surface area (Å²) in [7, 11) is 0. The Morgan fingerprint density at radius 1 is 1.60 bits per heavy atom. The fraction of sp³-hybridized carbons (Fsp3) is 0. The van der Waals surface area contributed by atoms with Crippen LogP contribution >= 0.6 is 0 Å². The van der Waals surface area contributed by atoms with Gasteiger partial charge in [-0.15, -0.1) is 0 Å². The molecule has 0 spiro atoms. The lowest BCUT2D eigenvalue weighted by molar-refractivity contribution is -0.576. The zero-order valence-electron chi connectivity index (χ0n) is 5.16. The minimum Gasteiger partial charge on any atom is -0.618 e. The fourth-order valence-corrected chi connectivity index (χ4v) is 0.929. The van der Waals surface area contributed by atoms with Crippen LogP contribution in [0.15, 0.2) is 24.5 Å². The van der Waals surface area contributed by atoms with Crippen molar-refractivity contribution in [1.82, 2.24) is 4.98 Å². The number of hydrogen-bond donors (Lipinski definition) is 1. The average molecular weight is 133 g/mol. The molecule has 0 saturated carbocycles. The maximum absolute atomic E-state index is 10.9. The molecule has 0 amide bonds. The summed E-state index contributed by atoms with van der Waals surface area (Å²) >= 11 is 0. The number of nitrogens with one attached hydrogen (secondary N) is 1. The summed E-state index contributed by atoms with van der Waals surface area (Å²) in [5.74, 6) is 0. The number of rotatable bonds is 0. The smallest absolute Gasteiger partial charge is 0.242 e. The van der Waals surface area contributed by atoms with Gasteiger partial charge >= 0.3 is 0 Å². The SMILES string of the molecule is [O-][n+]1cc[c]c2[nH]ccc21. The molecule has 2 rings (SSSR count). The monoisotopic (exact) mass is 133 g/mol. The molecule has 1 radical (unpaired) electrons. The Labute approximate surface area is 57.5 Å². The molecule has 0 saturated heterocycles. The highest BCUT2D eigenvalue weighted by Gasteiger charge is 2.00. The van der Waals surface area contributed by atoms with Gasteiger partial charge in [-0.1, -0.05) is 0 Å². The lowest BCUT2D eigenvalue weighted by atomic mass is 10.4. The largest absolute Gasteiger partial charge is 0.618 e. The van der Waals surface area contributed by atoms with E-state index < -0.39 is 0 Å². The van der Waals surface area contributed by atoms with Crippen molar-refractivity contribution in [3.05, 3.63) is 35.8 Å². The first-order chi connectivity index (χ1) is 4.88. The highest BCUT2D eigenvalue weighted by Crippen LogP contribution is 2.03. The second kappa shape index (κ2) is 1.73. The summed E-state index contributed by atoms with van der Waals surface area (Å²) in [6.07, 6.45) is 3.14. The molecule has 2 heterocycles. The minimum atomic E-state index is 0.627. The zero-order chi connectivity index (χ0) is 6.97. The van der Waals surface area contributed by atoms with Gasteiger partial charge in [-0.05, 0) is 0 Å². The topological polar surface area (TPSA) is 42.7 Å². The van der Waals surface area contributed by atoms with Crippen LogP contribution in [0.5, 0.6) is 0 Å². The van der Waals surface area contributed by atoms with Crippen molar-refractivity contribution in [2.75, 3.05) is 0 Å². The van der Waals surface area contributed by atoms with E-state index in [9.17, 15) is 5.21 Å². The van der Waals surface area contributed by atoms with Crippen LogP contribution in [-0.4, -0.2) is 4.98 Å². The van der Waals surface area contributed by atoms with Crippen LogP contribution in [0.25, 0.3) is 11.0 Å². The molecule has 49 valence electrons. The Morgan fingerprint density at radius 3 is 3.30 bits per heavy atom. The van der Waals surface area contributed by atoms with Crippen LogP contribution < -0.4 is 4.73 Å². The van der Waals surface area contributed by atoms with Gasteiger partial charge in [0.05, 0.1) is 0 Å². The van der Waals surface area contributed by atoms with Crippen molar-refractivity contribution in [2.45, 2.75) is 0 Å². The van der Waals surface area contributed by atoms with Gasteiger partial charge in [-0.25, -0.2) is 0 Å². The van der Waals surface area contributed by atoms with E-state index in [2.05, 4.69) is 11.1 Å². The van der Waals surface area contributed by atoms with Crippen LogP contribution in [0.1, 0.15) is 0 Å². The Hall–Kier alpha value is -1.51. The number of H-pyrrole nitrogens is 1. The lowest BCUT2D eigenvalue weighted by Crippen LogP contribution is -2.24. The number of aromatic nitrogens is 2. The molecule has 0 aliphatic carbocycles. The van der Waals surface area contributed by atoms with Crippen LogP contribution in [0.2, 0.25) is 0 Å². The summed E-state index contributed by atoms with van der Waals surface area (Å²) in [5.41, 5.74) is 1.38. The highest BCUT2D eigenvalue weighted by molar-refractivity contribution is 5.70. The van der Waals surface area contributed by atoms with Gasteiger partial charge in [0.1, 0.15) is 5.52 Å². The van der Waals surface area contributed by atoms with E-state index in [0.29, 0.717) is 5.52 Å². The summed E-state index contributed by atoms with van der Waals surface area (Å²) in [5, 5.41) is 10.9. The van der Waals surface area contributed by atoms with E-state index in [-0.39, 0.29) is 0 Å². The second-order valence-corrected chi connectivity index (χ2v) is 2.02. The van der Waals surface area contributed by atoms with Gasteiger partial charge in [0.2, 0.25) is 5.52 Å². The number of fused-ring (bicyclic) bond motifs is 1. The van der Waals surface area contributed by atoms with Crippen molar-refractivity contribution in [3.63, 3.8) is 0 Å². The zero-order valence-corrected chi connectivity index (χ0v) is 5.16. The normalized spacial score (nSPS) is 10.4. The first-order valence-electron chi connectivity index (χ1n) is 2.95. The lowest BCUT2D eigenvalue weighted by Gasteiger charge is -1.93. The third-order valence-corrected chi connectivity index (χ3v) is 1.40. The number of pyridine rings is 1. The highest BCUT2D eigenvalue weighted by atomic mass is 16.5. The molecule has 0 fully saturated rings. The summed E-state index contributed by atoms with van der Waals surface area (Å²) < 4.78 is 0.808. The molecule has 10 heavy (non-hydrogen) atoms. The maximum atomic E-state index is 10.9. The molecule has 0 unspecified atom stereocenters. The van der Waals surface area contributed by atoms with Gasteiger partial charge in [-0.2, -0.15) is 4.73 Å². The second-order valence-electron chi connectivity index (χ2n) is 2.02. The molecule has 2 aromatic heterocycles. The Balaban J connectivity index is 2.95. The van der Waals surface area contributed by atoms with Crippen molar-refractivity contribution in [1.29, 1.82) is 0 Å². The van der Waals surface area contributed by atoms with E-state index in [1.165, 1.54) is 6.20 Å². The molecule has 1 N–H and O–H groups in total. The van der Waals surface area contributed by atoms with Gasteiger partial charge < -0.3 is 10.2 Å². The molecule has 3 nitrogen and oxygen atoms in total. The molecule has 0 atom stereocenters.